The SMILES string of the molecule is CC1CN(C(=O)C2CC2)c2cc(Br)ccc2N1C(=O)C(F)(F)F. The first-order valence-corrected chi connectivity index (χ1v) is 8.00. The largest absolute Gasteiger partial charge is 0.471 e. The Hall–Kier alpha value is -1.57. The summed E-state index contributed by atoms with van der Waals surface area (Å²) in [6.45, 7) is 1.57. The number of alkyl halides is 3. The lowest BCUT2D eigenvalue weighted by Crippen LogP contribution is -2.55. The molecule has 23 heavy (non-hydrogen) atoms. The van der Waals surface area contributed by atoms with E-state index in [1.807, 2.05) is 0 Å². The Morgan fingerprint density at radius 3 is 2.43 bits per heavy atom. The molecule has 0 radical (unpaired) electrons. The Labute approximate surface area is 139 Å². The summed E-state index contributed by atoms with van der Waals surface area (Å²) < 4.78 is 39.3. The van der Waals surface area contributed by atoms with Crippen molar-refractivity contribution in [1.82, 2.24) is 0 Å². The smallest absolute Gasteiger partial charge is 0.308 e. The summed E-state index contributed by atoms with van der Waals surface area (Å²) in [6.07, 6.45) is -3.35. The van der Waals surface area contributed by atoms with Crippen LogP contribution >= 0.6 is 15.9 Å². The summed E-state index contributed by atoms with van der Waals surface area (Å²) in [5.74, 6) is -2.05. The highest BCUT2D eigenvalue weighted by atomic mass is 79.9. The highest BCUT2D eigenvalue weighted by Gasteiger charge is 2.48. The van der Waals surface area contributed by atoms with Gasteiger partial charge in [-0.1, -0.05) is 15.9 Å². The number of fused-ring (bicyclic) bond motifs is 1. The van der Waals surface area contributed by atoms with Crippen LogP contribution in [0.1, 0.15) is 19.8 Å². The maximum Gasteiger partial charge on any atom is 0.471 e. The Bertz CT molecular complexity index is 673. The van der Waals surface area contributed by atoms with Crippen LogP contribution in [0.2, 0.25) is 0 Å². The highest BCUT2D eigenvalue weighted by Crippen LogP contribution is 2.42. The predicted octanol–water partition coefficient (Wildman–Crippen LogP) is 3.49. The molecular weight excluding hydrogens is 377 g/mol. The van der Waals surface area contributed by atoms with Crippen LogP contribution in [-0.4, -0.2) is 30.6 Å². The maximum atomic E-state index is 12.9. The molecule has 1 atom stereocenters. The Kier molecular flexibility index (Phi) is 3.90. The molecule has 1 aromatic carbocycles. The fourth-order valence-corrected chi connectivity index (χ4v) is 3.15. The van der Waals surface area contributed by atoms with Crippen molar-refractivity contribution >= 4 is 39.1 Å². The van der Waals surface area contributed by atoms with Crippen LogP contribution < -0.4 is 9.80 Å². The van der Waals surface area contributed by atoms with Gasteiger partial charge < -0.3 is 4.90 Å². The Morgan fingerprint density at radius 2 is 1.87 bits per heavy atom. The fraction of sp³-hybridized carbons (Fsp3) is 0.467. The van der Waals surface area contributed by atoms with E-state index >= 15 is 0 Å². The van der Waals surface area contributed by atoms with Crippen molar-refractivity contribution in [3.63, 3.8) is 0 Å². The van der Waals surface area contributed by atoms with E-state index in [0.717, 1.165) is 17.7 Å². The summed E-state index contributed by atoms with van der Waals surface area (Å²) in [5.41, 5.74) is 0.454. The van der Waals surface area contributed by atoms with Crippen LogP contribution in [0.4, 0.5) is 24.5 Å². The molecule has 1 saturated carbocycles. The normalized spacial score (nSPS) is 21.2. The number of nitrogens with zero attached hydrogens (tertiary/aromatic N) is 2. The van der Waals surface area contributed by atoms with Crippen LogP contribution in [-0.2, 0) is 9.59 Å². The standard InChI is InChI=1S/C15H14BrF3N2O2/c1-8-7-20(13(22)9-2-3-9)12-6-10(16)4-5-11(12)21(8)14(23)15(17,18)19/h4-6,8-9H,2-3,7H2,1H3. The lowest BCUT2D eigenvalue weighted by Gasteiger charge is -2.41. The van der Waals surface area contributed by atoms with Crippen molar-refractivity contribution in [2.24, 2.45) is 5.92 Å². The first-order chi connectivity index (χ1) is 10.7. The van der Waals surface area contributed by atoms with E-state index in [2.05, 4.69) is 15.9 Å². The number of benzene rings is 1. The zero-order valence-corrected chi connectivity index (χ0v) is 13.8. The highest BCUT2D eigenvalue weighted by molar-refractivity contribution is 9.10. The van der Waals surface area contributed by atoms with Gasteiger partial charge in [0.05, 0.1) is 17.4 Å². The van der Waals surface area contributed by atoms with Crippen LogP contribution in [0.3, 0.4) is 0 Å². The molecule has 2 aliphatic rings. The van der Waals surface area contributed by atoms with E-state index in [1.54, 1.807) is 12.1 Å². The fourth-order valence-electron chi connectivity index (χ4n) is 2.80. The number of anilines is 2. The van der Waals surface area contributed by atoms with Crippen molar-refractivity contribution < 1.29 is 22.8 Å². The summed E-state index contributed by atoms with van der Waals surface area (Å²) in [6, 6.07) is 3.83. The van der Waals surface area contributed by atoms with Gasteiger partial charge in [-0.05, 0) is 38.0 Å². The minimum absolute atomic E-state index is 0.0562. The molecule has 1 heterocycles. The zero-order chi connectivity index (χ0) is 16.9. The van der Waals surface area contributed by atoms with Crippen molar-refractivity contribution in [1.29, 1.82) is 0 Å². The van der Waals surface area contributed by atoms with Gasteiger partial charge >= 0.3 is 12.1 Å². The quantitative estimate of drug-likeness (QED) is 0.736. The second-order valence-corrected chi connectivity index (χ2v) is 6.79. The predicted molar refractivity (Wildman–Crippen MR) is 82.2 cm³/mol. The lowest BCUT2D eigenvalue weighted by atomic mass is 10.1. The number of amides is 2. The molecule has 124 valence electrons. The third-order valence-corrected chi connectivity index (χ3v) is 4.52. The molecule has 0 spiro atoms. The van der Waals surface area contributed by atoms with Crippen LogP contribution in [0.25, 0.3) is 0 Å². The minimum atomic E-state index is -4.96. The van der Waals surface area contributed by atoms with Gasteiger partial charge in [0.1, 0.15) is 0 Å². The lowest BCUT2D eigenvalue weighted by molar-refractivity contribution is -0.171. The number of rotatable bonds is 1. The summed E-state index contributed by atoms with van der Waals surface area (Å²) in [5, 5.41) is 0. The summed E-state index contributed by atoms with van der Waals surface area (Å²) in [4.78, 5) is 26.5. The van der Waals surface area contributed by atoms with Gasteiger partial charge in [0.25, 0.3) is 0 Å². The molecule has 0 saturated heterocycles. The average Bonchev–Trinajstić information content (AvgIpc) is 3.29. The van der Waals surface area contributed by atoms with E-state index in [4.69, 9.17) is 0 Å². The minimum Gasteiger partial charge on any atom is -0.308 e. The van der Waals surface area contributed by atoms with Crippen molar-refractivity contribution in [2.45, 2.75) is 32.0 Å². The van der Waals surface area contributed by atoms with Gasteiger partial charge in [-0.2, -0.15) is 13.2 Å². The van der Waals surface area contributed by atoms with E-state index < -0.39 is 18.1 Å². The van der Waals surface area contributed by atoms with Gasteiger partial charge in [0.15, 0.2) is 0 Å². The topological polar surface area (TPSA) is 40.6 Å². The number of hydrogen-bond donors (Lipinski definition) is 0. The van der Waals surface area contributed by atoms with Crippen LogP contribution in [0.15, 0.2) is 22.7 Å². The van der Waals surface area contributed by atoms with Gasteiger partial charge in [0, 0.05) is 16.9 Å². The van der Waals surface area contributed by atoms with Gasteiger partial charge in [-0.3, -0.25) is 14.5 Å². The van der Waals surface area contributed by atoms with Gasteiger partial charge in [-0.25, -0.2) is 0 Å². The summed E-state index contributed by atoms with van der Waals surface area (Å²) >= 11 is 3.27. The van der Waals surface area contributed by atoms with Gasteiger partial charge in [-0.15, -0.1) is 0 Å². The van der Waals surface area contributed by atoms with Crippen molar-refractivity contribution in [3.05, 3.63) is 22.7 Å². The average molecular weight is 391 g/mol. The molecule has 1 unspecified atom stereocenters. The second kappa shape index (κ2) is 5.51. The molecule has 4 nitrogen and oxygen atoms in total. The van der Waals surface area contributed by atoms with Crippen molar-refractivity contribution in [2.75, 3.05) is 16.3 Å². The molecule has 3 rings (SSSR count). The molecule has 1 aliphatic carbocycles. The molecule has 1 aliphatic heterocycles. The third kappa shape index (κ3) is 2.96. The molecule has 0 N–H and O–H groups in total. The number of halogens is 4. The molecular formula is C15H14BrF3N2O2. The van der Waals surface area contributed by atoms with E-state index in [9.17, 15) is 22.8 Å². The Morgan fingerprint density at radius 1 is 1.22 bits per heavy atom. The summed E-state index contributed by atoms with van der Waals surface area (Å²) in [7, 11) is 0. The number of hydrogen-bond acceptors (Lipinski definition) is 2. The van der Waals surface area contributed by atoms with Crippen LogP contribution in [0.5, 0.6) is 0 Å². The van der Waals surface area contributed by atoms with E-state index in [1.165, 1.54) is 17.9 Å². The molecule has 2 amide bonds. The van der Waals surface area contributed by atoms with Crippen LogP contribution in [0, 0.1) is 5.92 Å². The zero-order valence-electron chi connectivity index (χ0n) is 12.2. The molecule has 0 aromatic heterocycles. The molecule has 0 bridgehead atoms. The number of carbonyl (C=O) groups is 2. The maximum absolute atomic E-state index is 12.9. The molecule has 1 fully saturated rings. The van der Waals surface area contributed by atoms with E-state index in [0.29, 0.717) is 10.2 Å². The third-order valence-electron chi connectivity index (χ3n) is 4.03. The monoisotopic (exact) mass is 390 g/mol. The second-order valence-electron chi connectivity index (χ2n) is 5.88. The molecule has 8 heteroatoms. The number of carbonyl (C=O) groups excluding carboxylic acids is 2. The first kappa shape index (κ1) is 16.3. The van der Waals surface area contributed by atoms with E-state index in [-0.39, 0.29) is 24.1 Å². The van der Waals surface area contributed by atoms with Crippen molar-refractivity contribution in [3.8, 4) is 0 Å². The Balaban J connectivity index is 2.06. The first-order valence-electron chi connectivity index (χ1n) is 7.21. The van der Waals surface area contributed by atoms with Gasteiger partial charge in [0.2, 0.25) is 5.91 Å². The molecule has 1 aromatic rings.